The van der Waals surface area contributed by atoms with Crippen LogP contribution in [0.15, 0.2) is 48.5 Å². The molecule has 3 rings (SSSR count). The van der Waals surface area contributed by atoms with Gasteiger partial charge in [-0.3, -0.25) is 0 Å². The number of benzene rings is 2. The average molecular weight is 383 g/mol. The Balaban J connectivity index is 1.52. The third-order valence-electron chi connectivity index (χ3n) is 4.53. The maximum atomic E-state index is 12.4. The highest BCUT2D eigenvalue weighted by atomic mass is 16.6. The number of carbonyl (C=O) groups excluding carboxylic acids is 1. The maximum absolute atomic E-state index is 12.4. The van der Waals surface area contributed by atoms with E-state index in [4.69, 9.17) is 14.2 Å². The molecule has 1 atom stereocenters. The zero-order valence-corrected chi connectivity index (χ0v) is 17.1. The van der Waals surface area contributed by atoms with Gasteiger partial charge in [-0.25, -0.2) is 4.79 Å². The summed E-state index contributed by atoms with van der Waals surface area (Å²) in [5, 5.41) is 0. The molecule has 0 bridgehead atoms. The van der Waals surface area contributed by atoms with E-state index in [1.54, 1.807) is 4.90 Å². The van der Waals surface area contributed by atoms with Crippen LogP contribution in [0.1, 0.15) is 39.2 Å². The normalized spacial score (nSPS) is 16.7. The summed E-state index contributed by atoms with van der Waals surface area (Å²) >= 11 is 0. The van der Waals surface area contributed by atoms with Gasteiger partial charge in [-0.15, -0.1) is 0 Å². The fourth-order valence-electron chi connectivity index (χ4n) is 3.11. The highest BCUT2D eigenvalue weighted by Gasteiger charge is 2.32. The smallest absolute Gasteiger partial charge is 0.410 e. The molecule has 5 nitrogen and oxygen atoms in total. The quantitative estimate of drug-likeness (QED) is 0.678. The molecule has 0 aromatic heterocycles. The van der Waals surface area contributed by atoms with Crippen LogP contribution in [0, 0.1) is 6.92 Å². The van der Waals surface area contributed by atoms with Crippen LogP contribution in [-0.4, -0.2) is 35.8 Å². The Hall–Kier alpha value is -2.69. The molecule has 2 aromatic carbocycles. The van der Waals surface area contributed by atoms with Crippen molar-refractivity contribution in [1.29, 1.82) is 0 Å². The van der Waals surface area contributed by atoms with E-state index in [-0.39, 0.29) is 12.1 Å². The van der Waals surface area contributed by atoms with E-state index in [0.29, 0.717) is 13.2 Å². The van der Waals surface area contributed by atoms with E-state index in [1.165, 1.54) is 5.56 Å². The van der Waals surface area contributed by atoms with Crippen LogP contribution < -0.4 is 9.47 Å². The van der Waals surface area contributed by atoms with Gasteiger partial charge in [-0.05, 0) is 76.9 Å². The van der Waals surface area contributed by atoms with Gasteiger partial charge in [0.05, 0.1) is 6.04 Å². The number of rotatable bonds is 5. The van der Waals surface area contributed by atoms with E-state index in [1.807, 2.05) is 76.2 Å². The molecule has 0 aliphatic carbocycles. The molecule has 2 aromatic rings. The van der Waals surface area contributed by atoms with Gasteiger partial charge < -0.3 is 19.1 Å². The van der Waals surface area contributed by atoms with Crippen LogP contribution >= 0.6 is 0 Å². The fraction of sp³-hybridized carbons (Fsp3) is 0.435. The van der Waals surface area contributed by atoms with E-state index in [9.17, 15) is 4.79 Å². The van der Waals surface area contributed by atoms with Crippen molar-refractivity contribution in [3.63, 3.8) is 0 Å². The van der Waals surface area contributed by atoms with Crippen molar-refractivity contribution >= 4 is 6.09 Å². The lowest BCUT2D eigenvalue weighted by atomic mass is 10.2. The monoisotopic (exact) mass is 383 g/mol. The van der Waals surface area contributed by atoms with Gasteiger partial charge in [0.25, 0.3) is 0 Å². The van der Waals surface area contributed by atoms with Gasteiger partial charge in [0.1, 0.15) is 29.5 Å². The molecule has 1 unspecified atom stereocenters. The fourth-order valence-corrected chi connectivity index (χ4v) is 3.11. The molecular formula is C23H29NO4. The second-order valence-corrected chi connectivity index (χ2v) is 8.17. The number of likely N-dealkylation sites (tertiary alicyclic amines) is 1. The number of nitrogens with zero attached hydrogens (tertiary/aromatic N) is 1. The average Bonchev–Trinajstić information content (AvgIpc) is 3.10. The number of carbonyl (C=O) groups is 1. The van der Waals surface area contributed by atoms with Crippen molar-refractivity contribution in [3.05, 3.63) is 54.1 Å². The molecule has 1 amide bonds. The van der Waals surface area contributed by atoms with Gasteiger partial charge in [0.15, 0.2) is 0 Å². The Morgan fingerprint density at radius 2 is 1.57 bits per heavy atom. The number of amides is 1. The van der Waals surface area contributed by atoms with Gasteiger partial charge >= 0.3 is 6.09 Å². The first-order chi connectivity index (χ1) is 13.3. The minimum atomic E-state index is -0.488. The summed E-state index contributed by atoms with van der Waals surface area (Å²) in [4.78, 5) is 14.1. The van der Waals surface area contributed by atoms with Crippen LogP contribution in [0.2, 0.25) is 0 Å². The van der Waals surface area contributed by atoms with Crippen molar-refractivity contribution in [2.75, 3.05) is 13.2 Å². The lowest BCUT2D eigenvalue weighted by Gasteiger charge is -2.28. The summed E-state index contributed by atoms with van der Waals surface area (Å²) in [6, 6.07) is 15.5. The summed E-state index contributed by atoms with van der Waals surface area (Å²) < 4.78 is 17.3. The number of ether oxygens (including phenoxy) is 3. The van der Waals surface area contributed by atoms with Gasteiger partial charge in [-0.2, -0.15) is 0 Å². The highest BCUT2D eigenvalue weighted by Crippen LogP contribution is 2.26. The Labute approximate surface area is 167 Å². The Morgan fingerprint density at radius 3 is 2.18 bits per heavy atom. The summed E-state index contributed by atoms with van der Waals surface area (Å²) in [5.41, 5.74) is 0.710. The van der Waals surface area contributed by atoms with Crippen molar-refractivity contribution in [1.82, 2.24) is 4.90 Å². The SMILES string of the molecule is Cc1ccc(Oc2ccc(OCC3CCCN3C(=O)OC(C)(C)C)cc2)cc1. The molecule has 1 aliphatic rings. The number of hydrogen-bond donors (Lipinski definition) is 0. The maximum Gasteiger partial charge on any atom is 0.410 e. The van der Waals surface area contributed by atoms with Gasteiger partial charge in [0, 0.05) is 6.54 Å². The number of aryl methyl sites for hydroxylation is 1. The third kappa shape index (κ3) is 5.65. The lowest BCUT2D eigenvalue weighted by Crippen LogP contribution is -2.42. The summed E-state index contributed by atoms with van der Waals surface area (Å²) in [7, 11) is 0. The van der Waals surface area contributed by atoms with Gasteiger partial charge in [0.2, 0.25) is 0 Å². The highest BCUT2D eigenvalue weighted by molar-refractivity contribution is 5.69. The van der Waals surface area contributed by atoms with E-state index < -0.39 is 5.60 Å². The first-order valence-electron chi connectivity index (χ1n) is 9.77. The van der Waals surface area contributed by atoms with Crippen LogP contribution in [0.4, 0.5) is 4.79 Å². The minimum absolute atomic E-state index is 0.0401. The molecule has 0 N–H and O–H groups in total. The van der Waals surface area contributed by atoms with Crippen molar-refractivity contribution in [2.24, 2.45) is 0 Å². The lowest BCUT2D eigenvalue weighted by molar-refractivity contribution is 0.0187. The zero-order chi connectivity index (χ0) is 20.1. The molecule has 1 saturated heterocycles. The van der Waals surface area contributed by atoms with E-state index in [2.05, 4.69) is 0 Å². The first kappa shape index (κ1) is 20.1. The standard InChI is InChI=1S/C23H29NO4/c1-17-7-9-20(10-8-17)27-21-13-11-19(12-14-21)26-16-18-6-5-15-24(18)22(25)28-23(2,3)4/h7-14,18H,5-6,15-16H2,1-4H3. The summed E-state index contributed by atoms with van der Waals surface area (Å²) in [6.45, 7) is 8.86. The second kappa shape index (κ2) is 8.55. The third-order valence-corrected chi connectivity index (χ3v) is 4.53. The number of hydrogen-bond acceptors (Lipinski definition) is 4. The molecule has 28 heavy (non-hydrogen) atoms. The Bertz CT molecular complexity index is 778. The van der Waals surface area contributed by atoms with Crippen molar-refractivity contribution < 1.29 is 19.0 Å². The van der Waals surface area contributed by atoms with Crippen molar-refractivity contribution in [3.8, 4) is 17.2 Å². The topological polar surface area (TPSA) is 48.0 Å². The second-order valence-electron chi connectivity index (χ2n) is 8.17. The molecule has 150 valence electrons. The molecule has 1 aliphatic heterocycles. The molecule has 5 heteroatoms. The predicted molar refractivity (Wildman–Crippen MR) is 109 cm³/mol. The first-order valence-corrected chi connectivity index (χ1v) is 9.77. The van der Waals surface area contributed by atoms with Gasteiger partial charge in [-0.1, -0.05) is 17.7 Å². The molecule has 1 heterocycles. The Morgan fingerprint density at radius 1 is 1.00 bits per heavy atom. The van der Waals surface area contributed by atoms with E-state index >= 15 is 0 Å². The van der Waals surface area contributed by atoms with Crippen LogP contribution in [0.5, 0.6) is 17.2 Å². The van der Waals surface area contributed by atoms with Crippen LogP contribution in [-0.2, 0) is 4.74 Å². The van der Waals surface area contributed by atoms with Crippen molar-refractivity contribution in [2.45, 2.75) is 52.2 Å². The minimum Gasteiger partial charge on any atom is -0.491 e. The largest absolute Gasteiger partial charge is 0.491 e. The van der Waals surface area contributed by atoms with Crippen LogP contribution in [0.3, 0.4) is 0 Å². The molecule has 0 spiro atoms. The predicted octanol–water partition coefficient (Wildman–Crippen LogP) is 5.57. The molecule has 0 saturated carbocycles. The molecule has 0 radical (unpaired) electrons. The zero-order valence-electron chi connectivity index (χ0n) is 17.1. The molecular weight excluding hydrogens is 354 g/mol. The Kier molecular flexibility index (Phi) is 6.12. The summed E-state index contributed by atoms with van der Waals surface area (Å²) in [5.74, 6) is 2.32. The molecule has 1 fully saturated rings. The van der Waals surface area contributed by atoms with Crippen LogP contribution in [0.25, 0.3) is 0 Å². The van der Waals surface area contributed by atoms with E-state index in [0.717, 1.165) is 30.1 Å². The summed E-state index contributed by atoms with van der Waals surface area (Å²) in [6.07, 6.45) is 1.63.